The first-order valence-corrected chi connectivity index (χ1v) is 8.22. The lowest BCUT2D eigenvalue weighted by molar-refractivity contribution is -0.120. The molecule has 6 heteroatoms. The second-order valence-corrected chi connectivity index (χ2v) is 5.95. The Morgan fingerprint density at radius 1 is 1.61 bits per heavy atom. The Morgan fingerprint density at radius 2 is 2.39 bits per heavy atom. The summed E-state index contributed by atoms with van der Waals surface area (Å²) in [5, 5.41) is 22.7. The Balaban J connectivity index is 2.43. The molecule has 2 N–H and O–H groups in total. The van der Waals surface area contributed by atoms with Crippen LogP contribution in [0.3, 0.4) is 0 Å². The number of thioether (sulfide) groups is 1. The molecule has 1 aromatic rings. The zero-order valence-electron chi connectivity index (χ0n) is 12.8. The number of allylic oxidation sites excluding steroid dienone is 1. The number of benzene rings is 1. The number of rotatable bonds is 6. The van der Waals surface area contributed by atoms with E-state index in [9.17, 15) is 15.2 Å². The van der Waals surface area contributed by atoms with Crippen molar-refractivity contribution in [2.45, 2.75) is 19.3 Å². The summed E-state index contributed by atoms with van der Waals surface area (Å²) in [7, 11) is 0. The van der Waals surface area contributed by atoms with Gasteiger partial charge in [0.15, 0.2) is 11.5 Å². The summed E-state index contributed by atoms with van der Waals surface area (Å²) in [5.74, 6) is 0.522. The number of phenols is 1. The number of hydrogen-bond donors (Lipinski definition) is 2. The van der Waals surface area contributed by atoms with Gasteiger partial charge in [0.2, 0.25) is 5.91 Å². The molecule has 0 bridgehead atoms. The minimum absolute atomic E-state index is 0.0413. The van der Waals surface area contributed by atoms with Crippen LogP contribution in [0.1, 0.15) is 24.8 Å². The van der Waals surface area contributed by atoms with Crippen molar-refractivity contribution in [2.75, 3.05) is 12.4 Å². The van der Waals surface area contributed by atoms with Crippen LogP contribution in [-0.4, -0.2) is 23.4 Å². The second-order valence-electron chi connectivity index (χ2n) is 4.92. The van der Waals surface area contributed by atoms with Gasteiger partial charge in [0, 0.05) is 18.1 Å². The van der Waals surface area contributed by atoms with Gasteiger partial charge in [-0.1, -0.05) is 12.1 Å². The van der Waals surface area contributed by atoms with E-state index in [1.807, 2.05) is 6.92 Å². The molecule has 0 radical (unpaired) electrons. The van der Waals surface area contributed by atoms with Gasteiger partial charge < -0.3 is 15.2 Å². The largest absolute Gasteiger partial charge is 0.504 e. The molecule has 0 saturated carbocycles. The molecule has 0 aliphatic carbocycles. The molecule has 0 fully saturated rings. The highest BCUT2D eigenvalue weighted by atomic mass is 32.2. The fourth-order valence-electron chi connectivity index (χ4n) is 2.38. The van der Waals surface area contributed by atoms with Crippen molar-refractivity contribution in [1.82, 2.24) is 5.32 Å². The second kappa shape index (κ2) is 7.75. The van der Waals surface area contributed by atoms with Crippen molar-refractivity contribution >= 4 is 17.7 Å². The standard InChI is InChI=1S/C17H18N2O3S/c1-3-7-23-17-13(10-18)12(9-16(21)19-17)11-5-6-14(20)15(8-11)22-4-2/h3,5-6,8,12,20H,1,4,7,9H2,2H3,(H,19,21)/t12-/m1/s1. The molecule has 2 rings (SSSR count). The first kappa shape index (κ1) is 17.0. The van der Waals surface area contributed by atoms with Crippen molar-refractivity contribution < 1.29 is 14.6 Å². The molecule has 1 aliphatic rings. The molecule has 0 saturated heterocycles. The van der Waals surface area contributed by atoms with Gasteiger partial charge in [0.1, 0.15) is 0 Å². The summed E-state index contributed by atoms with van der Waals surface area (Å²) >= 11 is 1.38. The number of ether oxygens (including phenoxy) is 1. The number of nitrogens with zero attached hydrogens (tertiary/aromatic N) is 1. The van der Waals surface area contributed by atoms with E-state index >= 15 is 0 Å². The smallest absolute Gasteiger partial charge is 0.225 e. The molecule has 0 aromatic heterocycles. The monoisotopic (exact) mass is 330 g/mol. The Bertz CT molecular complexity index is 692. The maximum Gasteiger partial charge on any atom is 0.225 e. The molecular formula is C17H18N2O3S. The lowest BCUT2D eigenvalue weighted by atomic mass is 9.87. The van der Waals surface area contributed by atoms with Crippen LogP contribution in [-0.2, 0) is 4.79 Å². The topological polar surface area (TPSA) is 82.3 Å². The van der Waals surface area contributed by atoms with Crippen molar-refractivity contribution in [3.63, 3.8) is 0 Å². The fourth-order valence-corrected chi connectivity index (χ4v) is 3.19. The highest BCUT2D eigenvalue weighted by Crippen LogP contribution is 2.38. The third-order valence-corrected chi connectivity index (χ3v) is 4.40. The molecule has 1 aliphatic heterocycles. The van der Waals surface area contributed by atoms with Crippen LogP contribution in [0.15, 0.2) is 41.5 Å². The van der Waals surface area contributed by atoms with Gasteiger partial charge in [-0.2, -0.15) is 5.26 Å². The minimum Gasteiger partial charge on any atom is -0.504 e. The Hall–Kier alpha value is -2.39. The summed E-state index contributed by atoms with van der Waals surface area (Å²) in [6.45, 7) is 5.89. The quantitative estimate of drug-likeness (QED) is 0.783. The van der Waals surface area contributed by atoms with E-state index in [0.29, 0.717) is 28.7 Å². The zero-order chi connectivity index (χ0) is 16.8. The summed E-state index contributed by atoms with van der Waals surface area (Å²) in [6.07, 6.45) is 1.91. The van der Waals surface area contributed by atoms with E-state index in [4.69, 9.17) is 4.74 Å². The van der Waals surface area contributed by atoms with Crippen LogP contribution < -0.4 is 10.1 Å². The molecule has 0 spiro atoms. The number of nitrogens with one attached hydrogen (secondary N) is 1. The molecule has 1 amide bonds. The van der Waals surface area contributed by atoms with Crippen LogP contribution in [0.25, 0.3) is 0 Å². The summed E-state index contributed by atoms with van der Waals surface area (Å²) in [5.41, 5.74) is 1.29. The van der Waals surface area contributed by atoms with E-state index in [1.54, 1.807) is 18.2 Å². The number of amides is 1. The molecule has 120 valence electrons. The van der Waals surface area contributed by atoms with Gasteiger partial charge in [0.05, 0.1) is 23.3 Å². The third-order valence-electron chi connectivity index (χ3n) is 3.39. The summed E-state index contributed by atoms with van der Waals surface area (Å²) in [6, 6.07) is 7.14. The van der Waals surface area contributed by atoms with Gasteiger partial charge in [-0.05, 0) is 24.6 Å². The highest BCUT2D eigenvalue weighted by molar-refractivity contribution is 8.03. The van der Waals surface area contributed by atoms with Crippen LogP contribution in [0.2, 0.25) is 0 Å². The van der Waals surface area contributed by atoms with Gasteiger partial charge in [-0.25, -0.2) is 0 Å². The molecule has 1 heterocycles. The van der Waals surface area contributed by atoms with E-state index in [0.717, 1.165) is 5.56 Å². The molecule has 0 unspecified atom stereocenters. The first-order valence-electron chi connectivity index (χ1n) is 7.24. The third kappa shape index (κ3) is 3.88. The first-order chi connectivity index (χ1) is 11.1. The van der Waals surface area contributed by atoms with Gasteiger partial charge in [-0.15, -0.1) is 18.3 Å². The van der Waals surface area contributed by atoms with Crippen LogP contribution >= 0.6 is 11.8 Å². The molecule has 5 nitrogen and oxygen atoms in total. The normalized spacial score (nSPS) is 17.4. The SMILES string of the molecule is C=CCSC1=C(C#N)[C@@H](c2ccc(O)c(OCC)c2)CC(=O)N1. The van der Waals surface area contributed by atoms with Crippen LogP contribution in [0.5, 0.6) is 11.5 Å². The van der Waals surface area contributed by atoms with Gasteiger partial charge in [-0.3, -0.25) is 4.79 Å². The molecule has 23 heavy (non-hydrogen) atoms. The van der Waals surface area contributed by atoms with E-state index in [-0.39, 0.29) is 24.0 Å². The minimum atomic E-state index is -0.346. The van der Waals surface area contributed by atoms with Crippen LogP contribution in [0, 0.1) is 11.3 Å². The maximum absolute atomic E-state index is 12.0. The lowest BCUT2D eigenvalue weighted by Crippen LogP contribution is -2.30. The Morgan fingerprint density at radius 3 is 3.04 bits per heavy atom. The Kier molecular flexibility index (Phi) is 5.72. The van der Waals surface area contributed by atoms with E-state index in [2.05, 4.69) is 18.0 Å². The van der Waals surface area contributed by atoms with Gasteiger partial charge >= 0.3 is 0 Å². The van der Waals surface area contributed by atoms with Gasteiger partial charge in [0.25, 0.3) is 0 Å². The molecule has 1 aromatic carbocycles. The van der Waals surface area contributed by atoms with E-state index in [1.165, 1.54) is 17.8 Å². The predicted octanol–water partition coefficient (Wildman–Crippen LogP) is 3.05. The number of carbonyl (C=O) groups is 1. The fraction of sp³-hybridized carbons (Fsp3) is 0.294. The molecular weight excluding hydrogens is 312 g/mol. The van der Waals surface area contributed by atoms with Crippen LogP contribution in [0.4, 0.5) is 0 Å². The molecule has 1 atom stereocenters. The number of nitriles is 1. The van der Waals surface area contributed by atoms with Crippen molar-refractivity contribution in [3.05, 3.63) is 47.0 Å². The number of phenolic OH excluding ortho intramolecular Hbond substituents is 1. The highest BCUT2D eigenvalue weighted by Gasteiger charge is 2.29. The number of carbonyl (C=O) groups excluding carboxylic acids is 1. The Labute approximate surface area is 139 Å². The summed E-state index contributed by atoms with van der Waals surface area (Å²) in [4.78, 5) is 12.0. The lowest BCUT2D eigenvalue weighted by Gasteiger charge is -2.25. The average Bonchev–Trinajstić information content (AvgIpc) is 2.54. The van der Waals surface area contributed by atoms with Crippen molar-refractivity contribution in [3.8, 4) is 17.6 Å². The van der Waals surface area contributed by atoms with Crippen molar-refractivity contribution in [1.29, 1.82) is 5.26 Å². The maximum atomic E-state index is 12.0. The van der Waals surface area contributed by atoms with E-state index < -0.39 is 0 Å². The zero-order valence-corrected chi connectivity index (χ0v) is 13.7. The van der Waals surface area contributed by atoms with Crippen molar-refractivity contribution in [2.24, 2.45) is 0 Å². The number of aromatic hydroxyl groups is 1. The average molecular weight is 330 g/mol. The predicted molar refractivity (Wildman–Crippen MR) is 90.1 cm³/mol. The summed E-state index contributed by atoms with van der Waals surface area (Å²) < 4.78 is 5.39. The number of hydrogen-bond acceptors (Lipinski definition) is 5.